The number of nitrogens with one attached hydrogen (secondary N) is 2. The van der Waals surface area contributed by atoms with Crippen LogP contribution in [0.15, 0.2) is 23.6 Å². The topological polar surface area (TPSA) is 89.6 Å². The van der Waals surface area contributed by atoms with E-state index in [-0.39, 0.29) is 24.5 Å². The molecular weight excluding hydrogens is 330 g/mol. The summed E-state index contributed by atoms with van der Waals surface area (Å²) < 4.78 is 10.7. The Morgan fingerprint density at radius 2 is 2.21 bits per heavy atom. The molecule has 0 spiro atoms. The second-order valence-corrected chi connectivity index (χ2v) is 6.49. The molecule has 124 valence electrons. The number of amides is 2. The van der Waals surface area contributed by atoms with E-state index in [1.807, 2.05) is 23.6 Å². The second-order valence-electron chi connectivity index (χ2n) is 5.63. The van der Waals surface area contributed by atoms with E-state index in [0.717, 1.165) is 17.0 Å². The van der Waals surface area contributed by atoms with Crippen molar-refractivity contribution in [3.8, 4) is 22.8 Å². The van der Waals surface area contributed by atoms with Crippen molar-refractivity contribution < 1.29 is 19.1 Å². The van der Waals surface area contributed by atoms with Gasteiger partial charge in [-0.2, -0.15) is 0 Å². The first-order chi connectivity index (χ1) is 11.7. The Morgan fingerprint density at radius 3 is 3.04 bits per heavy atom. The number of carbonyl (C=O) groups excluding carboxylic acids is 2. The molecule has 7 nitrogen and oxygen atoms in total. The molecule has 1 unspecified atom stereocenters. The fourth-order valence-electron chi connectivity index (χ4n) is 2.68. The van der Waals surface area contributed by atoms with E-state index in [2.05, 4.69) is 15.6 Å². The Labute approximate surface area is 142 Å². The van der Waals surface area contributed by atoms with Gasteiger partial charge in [-0.1, -0.05) is 0 Å². The number of fused-ring (bicyclic) bond motifs is 1. The van der Waals surface area contributed by atoms with Crippen molar-refractivity contribution in [2.75, 3.05) is 18.7 Å². The highest BCUT2D eigenvalue weighted by atomic mass is 32.1. The molecule has 0 bridgehead atoms. The Kier molecular flexibility index (Phi) is 3.81. The smallest absolute Gasteiger partial charge is 0.231 e. The predicted octanol–water partition coefficient (Wildman–Crippen LogP) is 2.00. The molecule has 8 heteroatoms. The summed E-state index contributed by atoms with van der Waals surface area (Å²) >= 11 is 1.37. The molecule has 1 atom stereocenters. The molecule has 1 aromatic carbocycles. The molecule has 0 aliphatic carbocycles. The minimum absolute atomic E-state index is 0.00149. The maximum atomic E-state index is 12.2. The summed E-state index contributed by atoms with van der Waals surface area (Å²) in [5.74, 6) is 1.10. The molecule has 24 heavy (non-hydrogen) atoms. The fraction of sp³-hybridized carbons (Fsp3) is 0.312. The van der Waals surface area contributed by atoms with E-state index in [4.69, 9.17) is 9.47 Å². The van der Waals surface area contributed by atoms with Crippen LogP contribution >= 0.6 is 11.3 Å². The number of hydrogen-bond acceptors (Lipinski definition) is 6. The second kappa shape index (κ2) is 6.12. The maximum absolute atomic E-state index is 12.2. The molecule has 1 saturated heterocycles. The van der Waals surface area contributed by atoms with Crippen LogP contribution in [0.4, 0.5) is 5.13 Å². The van der Waals surface area contributed by atoms with Gasteiger partial charge in [0.25, 0.3) is 0 Å². The van der Waals surface area contributed by atoms with Gasteiger partial charge in [0, 0.05) is 23.9 Å². The van der Waals surface area contributed by atoms with E-state index >= 15 is 0 Å². The van der Waals surface area contributed by atoms with Gasteiger partial charge >= 0.3 is 0 Å². The summed E-state index contributed by atoms with van der Waals surface area (Å²) in [6.45, 7) is 0.611. The zero-order chi connectivity index (χ0) is 16.5. The van der Waals surface area contributed by atoms with E-state index in [0.29, 0.717) is 30.3 Å². The van der Waals surface area contributed by atoms with Gasteiger partial charge < -0.3 is 20.1 Å². The van der Waals surface area contributed by atoms with Gasteiger partial charge in [0.2, 0.25) is 18.6 Å². The van der Waals surface area contributed by atoms with Crippen LogP contribution in [0.2, 0.25) is 0 Å². The SMILES string of the molecule is O=C1CCC(C(=O)Nc2nc(-c3ccc4c(c3)OCO4)cs2)CN1. The molecule has 2 aromatic rings. The summed E-state index contributed by atoms with van der Waals surface area (Å²) in [5, 5.41) is 7.97. The van der Waals surface area contributed by atoms with Gasteiger partial charge in [-0.3, -0.25) is 9.59 Å². The van der Waals surface area contributed by atoms with E-state index in [9.17, 15) is 9.59 Å². The van der Waals surface area contributed by atoms with Crippen LogP contribution in [0.3, 0.4) is 0 Å². The quantitative estimate of drug-likeness (QED) is 0.888. The van der Waals surface area contributed by atoms with Crippen LogP contribution in [0, 0.1) is 5.92 Å². The number of hydrogen-bond donors (Lipinski definition) is 2. The number of ether oxygens (including phenoxy) is 2. The lowest BCUT2D eigenvalue weighted by Crippen LogP contribution is -2.40. The van der Waals surface area contributed by atoms with Crippen LogP contribution < -0.4 is 20.1 Å². The van der Waals surface area contributed by atoms with Crippen molar-refractivity contribution >= 4 is 28.3 Å². The van der Waals surface area contributed by atoms with E-state index in [1.54, 1.807) is 0 Å². The van der Waals surface area contributed by atoms with Gasteiger partial charge in [0.1, 0.15) is 0 Å². The average molecular weight is 345 g/mol. The van der Waals surface area contributed by atoms with Gasteiger partial charge in [-0.25, -0.2) is 4.98 Å². The summed E-state index contributed by atoms with van der Waals surface area (Å²) in [5.41, 5.74) is 1.67. The van der Waals surface area contributed by atoms with Gasteiger partial charge in [-0.15, -0.1) is 11.3 Å². The average Bonchev–Trinajstić information content (AvgIpc) is 3.23. The minimum Gasteiger partial charge on any atom is -0.454 e. The molecule has 0 radical (unpaired) electrons. The number of piperidine rings is 1. The number of carbonyl (C=O) groups is 2. The van der Waals surface area contributed by atoms with Crippen LogP contribution in [0.25, 0.3) is 11.3 Å². The monoisotopic (exact) mass is 345 g/mol. The highest BCUT2D eigenvalue weighted by Crippen LogP contribution is 2.36. The first kappa shape index (κ1) is 14.9. The first-order valence-electron chi connectivity index (χ1n) is 7.62. The molecule has 2 amide bonds. The lowest BCUT2D eigenvalue weighted by atomic mass is 9.98. The number of anilines is 1. The van der Waals surface area contributed by atoms with Gasteiger partial charge in [0.15, 0.2) is 16.6 Å². The summed E-state index contributed by atoms with van der Waals surface area (Å²) in [7, 11) is 0. The Balaban J connectivity index is 1.45. The van der Waals surface area contributed by atoms with Crippen molar-refractivity contribution in [1.82, 2.24) is 10.3 Å². The number of benzene rings is 1. The van der Waals surface area contributed by atoms with Gasteiger partial charge in [0.05, 0.1) is 11.6 Å². The van der Waals surface area contributed by atoms with E-state index < -0.39 is 0 Å². The third kappa shape index (κ3) is 2.92. The number of rotatable bonds is 3. The molecule has 0 saturated carbocycles. The normalized spacial score (nSPS) is 19.0. The predicted molar refractivity (Wildman–Crippen MR) is 88.0 cm³/mol. The number of thiazole rings is 1. The molecule has 1 aromatic heterocycles. The molecule has 1 fully saturated rings. The van der Waals surface area contributed by atoms with Gasteiger partial charge in [-0.05, 0) is 24.6 Å². The van der Waals surface area contributed by atoms with Crippen LogP contribution in [-0.4, -0.2) is 30.1 Å². The largest absolute Gasteiger partial charge is 0.454 e. The summed E-state index contributed by atoms with van der Waals surface area (Å²) in [6.07, 6.45) is 0.955. The van der Waals surface area contributed by atoms with Crippen molar-refractivity contribution in [3.05, 3.63) is 23.6 Å². The summed E-state index contributed by atoms with van der Waals surface area (Å²) in [6, 6.07) is 5.63. The Morgan fingerprint density at radius 1 is 1.33 bits per heavy atom. The molecule has 2 aliphatic rings. The van der Waals surface area contributed by atoms with Crippen molar-refractivity contribution in [2.45, 2.75) is 12.8 Å². The molecular formula is C16H15N3O4S. The zero-order valence-electron chi connectivity index (χ0n) is 12.7. The third-order valence-electron chi connectivity index (χ3n) is 4.04. The highest BCUT2D eigenvalue weighted by Gasteiger charge is 2.25. The summed E-state index contributed by atoms with van der Waals surface area (Å²) in [4.78, 5) is 27.9. The molecule has 2 N–H and O–H groups in total. The van der Waals surface area contributed by atoms with Crippen molar-refractivity contribution in [1.29, 1.82) is 0 Å². The zero-order valence-corrected chi connectivity index (χ0v) is 13.5. The third-order valence-corrected chi connectivity index (χ3v) is 4.80. The molecule has 4 rings (SSSR count). The fourth-order valence-corrected chi connectivity index (χ4v) is 3.41. The number of aromatic nitrogens is 1. The van der Waals surface area contributed by atoms with Crippen molar-refractivity contribution in [2.24, 2.45) is 5.92 Å². The molecule has 2 aliphatic heterocycles. The minimum atomic E-state index is -0.208. The lowest BCUT2D eigenvalue weighted by molar-refractivity contribution is -0.126. The Hall–Kier alpha value is -2.61. The maximum Gasteiger partial charge on any atom is 0.231 e. The highest BCUT2D eigenvalue weighted by molar-refractivity contribution is 7.14. The van der Waals surface area contributed by atoms with Crippen LogP contribution in [0.5, 0.6) is 11.5 Å². The first-order valence-corrected chi connectivity index (χ1v) is 8.50. The Bertz CT molecular complexity index is 794. The van der Waals surface area contributed by atoms with Crippen LogP contribution in [-0.2, 0) is 9.59 Å². The van der Waals surface area contributed by atoms with Crippen molar-refractivity contribution in [3.63, 3.8) is 0 Å². The lowest BCUT2D eigenvalue weighted by Gasteiger charge is -2.20. The molecule has 3 heterocycles. The standard InChI is InChI=1S/C16H15N3O4S/c20-14-4-2-10(6-17-14)15(21)19-16-18-11(7-24-16)9-1-3-12-13(5-9)23-8-22-12/h1,3,5,7,10H,2,4,6,8H2,(H,17,20)(H,18,19,21). The van der Waals surface area contributed by atoms with Crippen LogP contribution in [0.1, 0.15) is 12.8 Å². The van der Waals surface area contributed by atoms with E-state index in [1.165, 1.54) is 11.3 Å². The number of nitrogens with zero attached hydrogens (tertiary/aromatic N) is 1.